The van der Waals surface area contributed by atoms with Gasteiger partial charge >= 0.3 is 5.97 Å². The first-order valence-corrected chi connectivity index (χ1v) is 6.59. The van der Waals surface area contributed by atoms with Crippen LogP contribution >= 0.6 is 0 Å². The van der Waals surface area contributed by atoms with Crippen LogP contribution < -0.4 is 10.6 Å². The number of nitrogens with one attached hydrogen (secondary N) is 2. The smallest absolute Gasteiger partial charge is 0.307 e. The minimum atomic E-state index is -0.429. The van der Waals surface area contributed by atoms with Gasteiger partial charge in [0.05, 0.1) is 6.42 Å². The maximum Gasteiger partial charge on any atom is 0.307 e. The summed E-state index contributed by atoms with van der Waals surface area (Å²) >= 11 is 0. The van der Waals surface area contributed by atoms with Gasteiger partial charge in [-0.15, -0.1) is 0 Å². The molecule has 104 valence electrons. The van der Waals surface area contributed by atoms with E-state index in [0.29, 0.717) is 32.0 Å². The molecule has 0 aromatic heterocycles. The number of ether oxygens (including phenoxy) is 1. The zero-order valence-electron chi connectivity index (χ0n) is 11.5. The van der Waals surface area contributed by atoms with Crippen LogP contribution in [0, 0.1) is 0 Å². The molecule has 5 heteroatoms. The van der Waals surface area contributed by atoms with Gasteiger partial charge in [-0.3, -0.25) is 9.59 Å². The number of carbonyl (C=O) groups is 2. The molecule has 0 atom stereocenters. The molecule has 0 heterocycles. The average Bonchev–Trinajstić information content (AvgIpc) is 2.98. The predicted molar refractivity (Wildman–Crippen MR) is 69.1 cm³/mol. The zero-order chi connectivity index (χ0) is 13.6. The standard InChI is InChI=1S/C13H24N2O3/c1-13(2,3)18-12(17)7-9-14-8-6-11(16)15-10-4-5-10/h10,14H,4-9H2,1-3H3,(H,15,16). The Bertz CT molecular complexity index is 293. The molecule has 1 aliphatic rings. The maximum absolute atomic E-state index is 11.4. The van der Waals surface area contributed by atoms with Gasteiger partial charge < -0.3 is 15.4 Å². The molecule has 1 fully saturated rings. The maximum atomic E-state index is 11.4. The largest absolute Gasteiger partial charge is 0.460 e. The molecule has 2 N–H and O–H groups in total. The molecular formula is C13H24N2O3. The number of esters is 1. The van der Waals surface area contributed by atoms with E-state index in [1.165, 1.54) is 0 Å². The van der Waals surface area contributed by atoms with E-state index in [0.717, 1.165) is 12.8 Å². The van der Waals surface area contributed by atoms with Crippen LogP contribution in [0.25, 0.3) is 0 Å². The molecule has 0 unspecified atom stereocenters. The van der Waals surface area contributed by atoms with Gasteiger partial charge in [0, 0.05) is 25.6 Å². The highest BCUT2D eigenvalue weighted by atomic mass is 16.6. The summed E-state index contributed by atoms with van der Waals surface area (Å²) in [5, 5.41) is 5.98. The van der Waals surface area contributed by atoms with E-state index in [2.05, 4.69) is 10.6 Å². The van der Waals surface area contributed by atoms with Crippen LogP contribution in [0.5, 0.6) is 0 Å². The summed E-state index contributed by atoms with van der Waals surface area (Å²) < 4.78 is 5.17. The van der Waals surface area contributed by atoms with Gasteiger partial charge in [0.2, 0.25) is 5.91 Å². The van der Waals surface area contributed by atoms with Gasteiger partial charge in [-0.25, -0.2) is 0 Å². The zero-order valence-corrected chi connectivity index (χ0v) is 11.5. The lowest BCUT2D eigenvalue weighted by Crippen LogP contribution is -2.30. The highest BCUT2D eigenvalue weighted by Crippen LogP contribution is 2.18. The Morgan fingerprint density at radius 3 is 2.33 bits per heavy atom. The lowest BCUT2D eigenvalue weighted by molar-refractivity contribution is -0.154. The molecule has 1 aliphatic carbocycles. The summed E-state index contributed by atoms with van der Waals surface area (Å²) in [6.07, 6.45) is 3.02. The van der Waals surface area contributed by atoms with Crippen LogP contribution in [-0.4, -0.2) is 36.6 Å². The summed E-state index contributed by atoms with van der Waals surface area (Å²) in [4.78, 5) is 22.7. The van der Waals surface area contributed by atoms with Gasteiger partial charge in [-0.1, -0.05) is 0 Å². The summed E-state index contributed by atoms with van der Waals surface area (Å²) in [6.45, 7) is 6.69. The SMILES string of the molecule is CC(C)(C)OC(=O)CCNCCC(=O)NC1CC1. The molecule has 0 bridgehead atoms. The number of hydrogen-bond donors (Lipinski definition) is 2. The highest BCUT2D eigenvalue weighted by molar-refractivity contribution is 5.76. The number of carbonyl (C=O) groups excluding carboxylic acids is 2. The van der Waals surface area contributed by atoms with Crippen molar-refractivity contribution in [2.75, 3.05) is 13.1 Å². The molecule has 1 rings (SSSR count). The molecule has 0 spiro atoms. The van der Waals surface area contributed by atoms with Crippen LogP contribution in [0.2, 0.25) is 0 Å². The van der Waals surface area contributed by atoms with Crippen LogP contribution in [0.4, 0.5) is 0 Å². The summed E-state index contributed by atoms with van der Waals surface area (Å²) in [7, 11) is 0. The topological polar surface area (TPSA) is 67.4 Å². The first kappa shape index (κ1) is 15.0. The summed E-state index contributed by atoms with van der Waals surface area (Å²) in [5.41, 5.74) is -0.429. The van der Waals surface area contributed by atoms with Crippen molar-refractivity contribution < 1.29 is 14.3 Å². The quantitative estimate of drug-likeness (QED) is 0.526. The van der Waals surface area contributed by atoms with Crippen LogP contribution in [0.15, 0.2) is 0 Å². The molecule has 0 aromatic rings. The van der Waals surface area contributed by atoms with Gasteiger partial charge in [0.1, 0.15) is 5.60 Å². The van der Waals surface area contributed by atoms with E-state index >= 15 is 0 Å². The first-order chi connectivity index (χ1) is 8.37. The first-order valence-electron chi connectivity index (χ1n) is 6.59. The fourth-order valence-electron chi connectivity index (χ4n) is 1.44. The third-order valence-electron chi connectivity index (χ3n) is 2.40. The lowest BCUT2D eigenvalue weighted by atomic mass is 10.2. The monoisotopic (exact) mass is 256 g/mol. The second-order valence-electron chi connectivity index (χ2n) is 5.68. The fourth-order valence-corrected chi connectivity index (χ4v) is 1.44. The van der Waals surface area contributed by atoms with Crippen LogP contribution in [-0.2, 0) is 14.3 Å². The average molecular weight is 256 g/mol. The van der Waals surface area contributed by atoms with Crippen molar-refractivity contribution in [2.24, 2.45) is 0 Å². The van der Waals surface area contributed by atoms with Crippen LogP contribution in [0.3, 0.4) is 0 Å². The second kappa shape index (κ2) is 6.73. The predicted octanol–water partition coefficient (Wildman–Crippen LogP) is 0.976. The van der Waals surface area contributed by atoms with E-state index in [1.54, 1.807) is 0 Å². The number of rotatable bonds is 7. The summed E-state index contributed by atoms with van der Waals surface area (Å²) in [5.74, 6) is -0.125. The van der Waals surface area contributed by atoms with E-state index in [1.807, 2.05) is 20.8 Å². The Kier molecular flexibility index (Phi) is 5.59. The van der Waals surface area contributed by atoms with Crippen LogP contribution in [0.1, 0.15) is 46.5 Å². The minimum Gasteiger partial charge on any atom is -0.460 e. The third kappa shape index (κ3) is 8.06. The Labute approximate surface area is 109 Å². The van der Waals surface area contributed by atoms with Gasteiger partial charge in [0.15, 0.2) is 0 Å². The Balaban J connectivity index is 1.94. The second-order valence-corrected chi connectivity index (χ2v) is 5.68. The van der Waals surface area contributed by atoms with Crippen molar-refractivity contribution in [1.82, 2.24) is 10.6 Å². The van der Waals surface area contributed by atoms with Gasteiger partial charge in [-0.05, 0) is 33.6 Å². The van der Waals surface area contributed by atoms with Crippen molar-refractivity contribution in [2.45, 2.75) is 58.1 Å². The fraction of sp³-hybridized carbons (Fsp3) is 0.846. The van der Waals surface area contributed by atoms with E-state index < -0.39 is 5.60 Å². The highest BCUT2D eigenvalue weighted by Gasteiger charge is 2.22. The number of hydrogen-bond acceptors (Lipinski definition) is 4. The third-order valence-corrected chi connectivity index (χ3v) is 2.40. The van der Waals surface area contributed by atoms with E-state index in [9.17, 15) is 9.59 Å². The molecule has 5 nitrogen and oxygen atoms in total. The molecule has 1 saturated carbocycles. The molecule has 0 radical (unpaired) electrons. The normalized spacial score (nSPS) is 15.3. The molecule has 1 amide bonds. The van der Waals surface area contributed by atoms with Crippen molar-refractivity contribution >= 4 is 11.9 Å². The van der Waals surface area contributed by atoms with Crippen molar-refractivity contribution in [3.05, 3.63) is 0 Å². The van der Waals surface area contributed by atoms with E-state index in [-0.39, 0.29) is 11.9 Å². The van der Waals surface area contributed by atoms with Crippen molar-refractivity contribution in [3.8, 4) is 0 Å². The minimum absolute atomic E-state index is 0.0854. The lowest BCUT2D eigenvalue weighted by Gasteiger charge is -2.19. The molecule has 0 aromatic carbocycles. The van der Waals surface area contributed by atoms with E-state index in [4.69, 9.17) is 4.74 Å². The summed E-state index contributed by atoms with van der Waals surface area (Å²) in [6, 6.07) is 0.416. The Morgan fingerprint density at radius 2 is 1.78 bits per heavy atom. The molecule has 18 heavy (non-hydrogen) atoms. The Hall–Kier alpha value is -1.10. The van der Waals surface area contributed by atoms with Crippen molar-refractivity contribution in [1.29, 1.82) is 0 Å². The Morgan fingerprint density at radius 1 is 1.17 bits per heavy atom. The van der Waals surface area contributed by atoms with Gasteiger partial charge in [0.25, 0.3) is 0 Å². The number of amides is 1. The van der Waals surface area contributed by atoms with Gasteiger partial charge in [-0.2, -0.15) is 0 Å². The molecule has 0 aliphatic heterocycles. The van der Waals surface area contributed by atoms with Crippen molar-refractivity contribution in [3.63, 3.8) is 0 Å². The molecular weight excluding hydrogens is 232 g/mol. The molecule has 0 saturated heterocycles.